The van der Waals surface area contributed by atoms with E-state index in [1.807, 2.05) is 19.2 Å². The van der Waals surface area contributed by atoms with Gasteiger partial charge in [-0.3, -0.25) is 4.79 Å². The Kier molecular flexibility index (Phi) is 4.52. The summed E-state index contributed by atoms with van der Waals surface area (Å²) in [6, 6.07) is 5.32. The molecule has 0 atom stereocenters. The fourth-order valence-corrected chi connectivity index (χ4v) is 3.73. The normalized spacial score (nSPS) is 11.3. The molecular formula is C16H16BrN3O2S. The van der Waals surface area contributed by atoms with Crippen molar-refractivity contribution in [2.75, 3.05) is 5.32 Å². The molecule has 5 nitrogen and oxygen atoms in total. The Morgan fingerprint density at radius 3 is 2.91 bits per heavy atom. The van der Waals surface area contributed by atoms with Gasteiger partial charge in [-0.05, 0) is 41.4 Å². The molecule has 0 aliphatic heterocycles. The van der Waals surface area contributed by atoms with Crippen molar-refractivity contribution in [3.05, 3.63) is 43.8 Å². The Bertz CT molecular complexity index is 917. The van der Waals surface area contributed by atoms with Crippen molar-refractivity contribution in [3.63, 3.8) is 0 Å². The second-order valence-electron chi connectivity index (χ2n) is 5.50. The summed E-state index contributed by atoms with van der Waals surface area (Å²) in [5.74, 6) is 0. The van der Waals surface area contributed by atoms with Crippen LogP contribution in [0.4, 0.5) is 5.13 Å². The minimum absolute atomic E-state index is 0.0784. The molecule has 0 aliphatic carbocycles. The van der Waals surface area contributed by atoms with Crippen molar-refractivity contribution in [1.82, 2.24) is 9.97 Å². The van der Waals surface area contributed by atoms with E-state index in [1.54, 1.807) is 18.2 Å². The van der Waals surface area contributed by atoms with Gasteiger partial charge in [-0.2, -0.15) is 0 Å². The molecule has 23 heavy (non-hydrogen) atoms. The minimum Gasteiger partial charge on any atom is -0.392 e. The van der Waals surface area contributed by atoms with Gasteiger partial charge in [-0.15, -0.1) is 11.3 Å². The lowest BCUT2D eigenvalue weighted by Crippen LogP contribution is -2.09. The molecule has 3 N–H and O–H groups in total. The standard InChI is InChI=1S/C16H16BrN3O2S/c1-8(2)18-16-20-12(7-23-16)11-5-13(22)10-4-3-9(6-21)14(17)15(10)19-11/h3-5,7-8,21H,6H2,1-2H3,(H,18,20)(H,19,22). The molecule has 7 heteroatoms. The van der Waals surface area contributed by atoms with E-state index in [9.17, 15) is 9.90 Å². The van der Waals surface area contributed by atoms with Crippen LogP contribution in [-0.4, -0.2) is 21.1 Å². The zero-order valence-electron chi connectivity index (χ0n) is 12.7. The highest BCUT2D eigenvalue weighted by atomic mass is 79.9. The molecule has 0 saturated heterocycles. The van der Waals surface area contributed by atoms with Crippen molar-refractivity contribution in [1.29, 1.82) is 0 Å². The third-order valence-corrected chi connectivity index (χ3v) is 5.06. The number of hydrogen-bond acceptors (Lipinski definition) is 5. The van der Waals surface area contributed by atoms with E-state index in [1.165, 1.54) is 11.3 Å². The SMILES string of the molecule is CC(C)Nc1nc(-c2cc(=O)c3ccc(CO)c(Br)c3[nH]2)cs1. The van der Waals surface area contributed by atoms with Crippen LogP contribution in [0.1, 0.15) is 19.4 Å². The van der Waals surface area contributed by atoms with Gasteiger partial charge in [-0.1, -0.05) is 6.07 Å². The van der Waals surface area contributed by atoms with Crippen LogP contribution in [-0.2, 0) is 6.61 Å². The largest absolute Gasteiger partial charge is 0.392 e. The van der Waals surface area contributed by atoms with Crippen molar-refractivity contribution >= 4 is 43.3 Å². The van der Waals surface area contributed by atoms with Gasteiger partial charge in [-0.25, -0.2) is 4.98 Å². The summed E-state index contributed by atoms with van der Waals surface area (Å²) < 4.78 is 0.701. The summed E-state index contributed by atoms with van der Waals surface area (Å²) >= 11 is 4.96. The van der Waals surface area contributed by atoms with E-state index in [0.29, 0.717) is 27.1 Å². The number of fused-ring (bicyclic) bond motifs is 1. The summed E-state index contributed by atoms with van der Waals surface area (Å²) in [6.45, 7) is 4.00. The predicted molar refractivity (Wildman–Crippen MR) is 98.1 cm³/mol. The number of halogens is 1. The fraction of sp³-hybridized carbons (Fsp3) is 0.250. The third kappa shape index (κ3) is 3.17. The average Bonchev–Trinajstić information content (AvgIpc) is 2.96. The molecule has 0 saturated carbocycles. The highest BCUT2D eigenvalue weighted by Crippen LogP contribution is 2.28. The summed E-state index contributed by atoms with van der Waals surface area (Å²) in [4.78, 5) is 20.1. The lowest BCUT2D eigenvalue weighted by Gasteiger charge is -2.08. The molecule has 0 bridgehead atoms. The molecule has 0 radical (unpaired) electrons. The van der Waals surface area contributed by atoms with Crippen LogP contribution in [0.5, 0.6) is 0 Å². The summed E-state index contributed by atoms with van der Waals surface area (Å²) in [7, 11) is 0. The van der Waals surface area contributed by atoms with Crippen LogP contribution in [0.2, 0.25) is 0 Å². The van der Waals surface area contributed by atoms with Crippen molar-refractivity contribution in [3.8, 4) is 11.4 Å². The van der Waals surface area contributed by atoms with Crippen LogP contribution < -0.4 is 10.7 Å². The number of H-pyrrole nitrogens is 1. The molecule has 0 fully saturated rings. The van der Waals surface area contributed by atoms with Crippen LogP contribution in [0.3, 0.4) is 0 Å². The Balaban J connectivity index is 2.13. The first-order valence-electron chi connectivity index (χ1n) is 7.17. The molecule has 2 aromatic heterocycles. The van der Waals surface area contributed by atoms with E-state index >= 15 is 0 Å². The maximum atomic E-state index is 12.4. The molecule has 0 amide bonds. The monoisotopic (exact) mass is 393 g/mol. The van der Waals surface area contributed by atoms with E-state index in [-0.39, 0.29) is 12.0 Å². The number of pyridine rings is 1. The van der Waals surface area contributed by atoms with Gasteiger partial charge in [0.15, 0.2) is 10.6 Å². The Morgan fingerprint density at radius 2 is 2.22 bits per heavy atom. The number of benzene rings is 1. The second kappa shape index (κ2) is 6.43. The molecule has 1 aromatic carbocycles. The lowest BCUT2D eigenvalue weighted by atomic mass is 10.1. The third-order valence-electron chi connectivity index (χ3n) is 3.39. The van der Waals surface area contributed by atoms with Gasteiger partial charge < -0.3 is 15.4 Å². The summed E-state index contributed by atoms with van der Waals surface area (Å²) in [5, 5.41) is 15.9. The van der Waals surface area contributed by atoms with Gasteiger partial charge in [0, 0.05) is 27.3 Å². The van der Waals surface area contributed by atoms with Gasteiger partial charge in [0.1, 0.15) is 0 Å². The maximum Gasteiger partial charge on any atom is 0.190 e. The Labute approximate surface area is 145 Å². The van der Waals surface area contributed by atoms with Crippen molar-refractivity contribution < 1.29 is 5.11 Å². The molecule has 0 aliphatic rings. The number of nitrogens with zero attached hydrogens (tertiary/aromatic N) is 1. The molecular weight excluding hydrogens is 378 g/mol. The molecule has 0 spiro atoms. The second-order valence-corrected chi connectivity index (χ2v) is 7.15. The Morgan fingerprint density at radius 1 is 1.43 bits per heavy atom. The maximum absolute atomic E-state index is 12.4. The summed E-state index contributed by atoms with van der Waals surface area (Å²) in [5.41, 5.74) is 2.70. The molecule has 120 valence electrons. The van der Waals surface area contributed by atoms with E-state index in [2.05, 4.69) is 31.2 Å². The first-order chi connectivity index (χ1) is 11.0. The number of thiazole rings is 1. The number of rotatable bonds is 4. The van der Waals surface area contributed by atoms with E-state index in [0.717, 1.165) is 16.4 Å². The van der Waals surface area contributed by atoms with E-state index in [4.69, 9.17) is 0 Å². The predicted octanol–water partition coefficient (Wildman–Crippen LogP) is 3.73. The number of aliphatic hydroxyl groups is 1. The minimum atomic E-state index is -0.0953. The van der Waals surface area contributed by atoms with Crippen molar-refractivity contribution in [2.24, 2.45) is 0 Å². The highest BCUT2D eigenvalue weighted by Gasteiger charge is 2.12. The lowest BCUT2D eigenvalue weighted by molar-refractivity contribution is 0.281. The molecule has 3 rings (SSSR count). The van der Waals surface area contributed by atoms with E-state index < -0.39 is 0 Å². The molecule has 2 heterocycles. The smallest absolute Gasteiger partial charge is 0.190 e. The fourth-order valence-electron chi connectivity index (χ4n) is 2.30. The number of aromatic amines is 1. The number of nitrogens with one attached hydrogen (secondary N) is 2. The summed E-state index contributed by atoms with van der Waals surface area (Å²) in [6.07, 6.45) is 0. The van der Waals surface area contributed by atoms with Gasteiger partial charge in [0.25, 0.3) is 0 Å². The van der Waals surface area contributed by atoms with Gasteiger partial charge in [0.05, 0.1) is 23.5 Å². The molecule has 0 unspecified atom stereocenters. The zero-order valence-corrected chi connectivity index (χ0v) is 15.1. The first kappa shape index (κ1) is 16.2. The van der Waals surface area contributed by atoms with Crippen molar-refractivity contribution in [2.45, 2.75) is 26.5 Å². The first-order valence-corrected chi connectivity index (χ1v) is 8.84. The average molecular weight is 394 g/mol. The molecule has 3 aromatic rings. The van der Waals surface area contributed by atoms with Crippen LogP contribution in [0, 0.1) is 0 Å². The van der Waals surface area contributed by atoms with Crippen LogP contribution in [0.15, 0.2) is 32.8 Å². The van der Waals surface area contributed by atoms with Gasteiger partial charge in [0.2, 0.25) is 0 Å². The number of aliphatic hydroxyl groups excluding tert-OH is 1. The van der Waals surface area contributed by atoms with Gasteiger partial charge >= 0.3 is 0 Å². The quantitative estimate of drug-likeness (QED) is 0.630. The number of hydrogen-bond donors (Lipinski definition) is 3. The number of anilines is 1. The number of aromatic nitrogens is 2. The zero-order chi connectivity index (χ0) is 16.6. The van der Waals surface area contributed by atoms with Crippen LogP contribution >= 0.6 is 27.3 Å². The topological polar surface area (TPSA) is 78.0 Å². The highest BCUT2D eigenvalue weighted by molar-refractivity contribution is 9.10. The van der Waals surface area contributed by atoms with Crippen LogP contribution in [0.25, 0.3) is 22.3 Å². The Hall–Kier alpha value is -1.70.